The van der Waals surface area contributed by atoms with E-state index in [4.69, 9.17) is 4.74 Å². The number of nitrogens with zero attached hydrogens (tertiary/aromatic N) is 3. The lowest BCUT2D eigenvalue weighted by atomic mass is 10.2. The van der Waals surface area contributed by atoms with Crippen LogP contribution in [0.25, 0.3) is 0 Å². The first kappa shape index (κ1) is 21.7. The molecule has 0 radical (unpaired) electrons. The Morgan fingerprint density at radius 1 is 1.06 bits per heavy atom. The minimum absolute atomic E-state index is 0.357. The Balaban J connectivity index is 1.27. The Hall–Kier alpha value is -2.54. The minimum atomic E-state index is 0.357. The first-order chi connectivity index (χ1) is 15.3. The average Bonchev–Trinajstić information content (AvgIpc) is 3.31. The quantitative estimate of drug-likeness (QED) is 0.533. The fourth-order valence-corrected chi connectivity index (χ4v) is 5.11. The number of rotatable bonds is 6. The van der Waals surface area contributed by atoms with E-state index in [2.05, 4.69) is 61.8 Å². The molecule has 166 valence electrons. The standard InChI is InChI=1S/C24H33N5OS/c1-25-24(26-17-19-7-9-21(10-8-19)28-13-15-31-16-14-28)27-20-11-12-29(18-20)22-5-3-4-6-23(22)30-2/h3-10,20H,11-18H2,1-2H3,(H2,25,26,27). The van der Waals surface area contributed by atoms with Gasteiger partial charge in [0.15, 0.2) is 5.96 Å². The number of nitrogens with one attached hydrogen (secondary N) is 2. The van der Waals surface area contributed by atoms with E-state index in [0.29, 0.717) is 6.04 Å². The topological polar surface area (TPSA) is 52.1 Å². The molecule has 6 nitrogen and oxygen atoms in total. The molecule has 2 fully saturated rings. The van der Waals surface area contributed by atoms with Gasteiger partial charge < -0.3 is 25.2 Å². The van der Waals surface area contributed by atoms with Crippen molar-refractivity contribution < 1.29 is 4.74 Å². The molecule has 0 aliphatic carbocycles. The summed E-state index contributed by atoms with van der Waals surface area (Å²) in [5.41, 5.74) is 3.75. The van der Waals surface area contributed by atoms with Gasteiger partial charge in [0, 0.05) is 63.0 Å². The van der Waals surface area contributed by atoms with Gasteiger partial charge in [0.05, 0.1) is 12.8 Å². The number of hydrogen-bond acceptors (Lipinski definition) is 5. The number of anilines is 2. The van der Waals surface area contributed by atoms with E-state index >= 15 is 0 Å². The number of ether oxygens (including phenoxy) is 1. The molecule has 0 saturated carbocycles. The lowest BCUT2D eigenvalue weighted by Crippen LogP contribution is -2.44. The maximum absolute atomic E-state index is 5.53. The number of hydrogen-bond donors (Lipinski definition) is 2. The summed E-state index contributed by atoms with van der Waals surface area (Å²) < 4.78 is 5.53. The van der Waals surface area contributed by atoms with Gasteiger partial charge in [-0.3, -0.25) is 4.99 Å². The summed E-state index contributed by atoms with van der Waals surface area (Å²) >= 11 is 2.04. The zero-order chi connectivity index (χ0) is 21.5. The maximum Gasteiger partial charge on any atom is 0.191 e. The van der Waals surface area contributed by atoms with Crippen LogP contribution in [0.4, 0.5) is 11.4 Å². The summed E-state index contributed by atoms with van der Waals surface area (Å²) in [5, 5.41) is 7.05. The number of para-hydroxylation sites is 2. The Bertz CT molecular complexity index is 867. The van der Waals surface area contributed by atoms with Gasteiger partial charge in [-0.15, -0.1) is 0 Å². The van der Waals surface area contributed by atoms with E-state index in [-0.39, 0.29) is 0 Å². The molecule has 31 heavy (non-hydrogen) atoms. The molecule has 1 unspecified atom stereocenters. The number of aliphatic imine (C=N–C) groups is 1. The van der Waals surface area contributed by atoms with E-state index < -0.39 is 0 Å². The van der Waals surface area contributed by atoms with Gasteiger partial charge in [0.1, 0.15) is 5.75 Å². The fraction of sp³-hybridized carbons (Fsp3) is 0.458. The van der Waals surface area contributed by atoms with Crippen LogP contribution in [0.2, 0.25) is 0 Å². The zero-order valence-electron chi connectivity index (χ0n) is 18.5. The molecule has 2 aromatic rings. The third kappa shape index (κ3) is 5.58. The molecule has 7 heteroatoms. The predicted octanol–water partition coefficient (Wildman–Crippen LogP) is 3.19. The lowest BCUT2D eigenvalue weighted by molar-refractivity contribution is 0.415. The Labute approximate surface area is 190 Å². The van der Waals surface area contributed by atoms with Crippen LogP contribution in [0.5, 0.6) is 5.75 Å². The fourth-order valence-electron chi connectivity index (χ4n) is 4.21. The van der Waals surface area contributed by atoms with E-state index in [1.165, 1.54) is 22.8 Å². The van der Waals surface area contributed by atoms with Crippen LogP contribution in [0, 0.1) is 0 Å². The molecule has 2 aliphatic heterocycles. The maximum atomic E-state index is 5.53. The van der Waals surface area contributed by atoms with Crippen LogP contribution in [-0.2, 0) is 6.54 Å². The van der Waals surface area contributed by atoms with E-state index in [1.807, 2.05) is 30.9 Å². The number of benzene rings is 2. The second kappa shape index (κ2) is 10.7. The lowest BCUT2D eigenvalue weighted by Gasteiger charge is -2.28. The molecular formula is C24H33N5OS. The second-order valence-electron chi connectivity index (χ2n) is 7.94. The largest absolute Gasteiger partial charge is 0.495 e. The molecule has 2 N–H and O–H groups in total. The van der Waals surface area contributed by atoms with Gasteiger partial charge >= 0.3 is 0 Å². The van der Waals surface area contributed by atoms with Crippen LogP contribution in [0.15, 0.2) is 53.5 Å². The first-order valence-corrected chi connectivity index (χ1v) is 12.2. The minimum Gasteiger partial charge on any atom is -0.495 e. The highest BCUT2D eigenvalue weighted by Crippen LogP contribution is 2.30. The predicted molar refractivity (Wildman–Crippen MR) is 133 cm³/mol. The van der Waals surface area contributed by atoms with Crippen molar-refractivity contribution >= 4 is 29.1 Å². The van der Waals surface area contributed by atoms with Crippen LogP contribution >= 0.6 is 11.8 Å². The summed E-state index contributed by atoms with van der Waals surface area (Å²) in [5.74, 6) is 4.23. The van der Waals surface area contributed by atoms with Crippen molar-refractivity contribution in [3.05, 3.63) is 54.1 Å². The summed E-state index contributed by atoms with van der Waals surface area (Å²) in [7, 11) is 3.56. The number of guanidine groups is 1. The van der Waals surface area contributed by atoms with Crippen molar-refractivity contribution in [1.29, 1.82) is 0 Å². The highest BCUT2D eigenvalue weighted by molar-refractivity contribution is 7.99. The van der Waals surface area contributed by atoms with Crippen LogP contribution in [0.1, 0.15) is 12.0 Å². The van der Waals surface area contributed by atoms with Crippen molar-refractivity contribution in [3.63, 3.8) is 0 Å². The van der Waals surface area contributed by atoms with E-state index in [0.717, 1.165) is 56.5 Å². The summed E-state index contributed by atoms with van der Waals surface area (Å²) in [6, 6.07) is 17.5. The van der Waals surface area contributed by atoms with Crippen molar-refractivity contribution in [1.82, 2.24) is 10.6 Å². The highest BCUT2D eigenvalue weighted by Gasteiger charge is 2.25. The monoisotopic (exact) mass is 439 g/mol. The molecule has 0 bridgehead atoms. The molecule has 4 rings (SSSR count). The Morgan fingerprint density at radius 2 is 1.84 bits per heavy atom. The van der Waals surface area contributed by atoms with Gasteiger partial charge in [-0.25, -0.2) is 0 Å². The Kier molecular flexibility index (Phi) is 7.46. The van der Waals surface area contributed by atoms with Crippen LogP contribution in [-0.4, -0.2) is 63.8 Å². The molecule has 0 aromatic heterocycles. The summed E-state index contributed by atoms with van der Waals surface area (Å²) in [4.78, 5) is 9.28. The van der Waals surface area contributed by atoms with Gasteiger partial charge in [-0.05, 0) is 36.2 Å². The van der Waals surface area contributed by atoms with Gasteiger partial charge in [0.25, 0.3) is 0 Å². The smallest absolute Gasteiger partial charge is 0.191 e. The molecule has 0 spiro atoms. The van der Waals surface area contributed by atoms with E-state index in [9.17, 15) is 0 Å². The highest BCUT2D eigenvalue weighted by atomic mass is 32.2. The SMILES string of the molecule is CN=C(NCc1ccc(N2CCSCC2)cc1)NC1CCN(c2ccccc2OC)C1. The molecule has 2 aromatic carbocycles. The first-order valence-electron chi connectivity index (χ1n) is 11.0. The van der Waals surface area contributed by atoms with Gasteiger partial charge in [-0.1, -0.05) is 24.3 Å². The van der Waals surface area contributed by atoms with Crippen LogP contribution < -0.4 is 25.2 Å². The molecule has 2 aliphatic rings. The molecule has 2 heterocycles. The third-order valence-electron chi connectivity index (χ3n) is 5.95. The molecule has 0 amide bonds. The zero-order valence-corrected chi connectivity index (χ0v) is 19.3. The van der Waals surface area contributed by atoms with Gasteiger partial charge in [0.2, 0.25) is 0 Å². The van der Waals surface area contributed by atoms with Crippen molar-refractivity contribution in [2.45, 2.75) is 19.0 Å². The normalized spacial score (nSPS) is 19.4. The number of thioether (sulfide) groups is 1. The van der Waals surface area contributed by atoms with Crippen molar-refractivity contribution in [3.8, 4) is 5.75 Å². The Morgan fingerprint density at radius 3 is 2.58 bits per heavy atom. The summed E-state index contributed by atoms with van der Waals surface area (Å²) in [6.07, 6.45) is 1.07. The van der Waals surface area contributed by atoms with Gasteiger partial charge in [-0.2, -0.15) is 11.8 Å². The molecule has 1 atom stereocenters. The molecule has 2 saturated heterocycles. The summed E-state index contributed by atoms with van der Waals surface area (Å²) in [6.45, 7) is 4.99. The molecular weight excluding hydrogens is 406 g/mol. The number of methoxy groups -OCH3 is 1. The van der Waals surface area contributed by atoms with Crippen molar-refractivity contribution in [2.24, 2.45) is 4.99 Å². The van der Waals surface area contributed by atoms with Crippen molar-refractivity contribution in [2.75, 3.05) is 61.6 Å². The average molecular weight is 440 g/mol. The van der Waals surface area contributed by atoms with Crippen LogP contribution in [0.3, 0.4) is 0 Å². The second-order valence-corrected chi connectivity index (χ2v) is 9.16. The van der Waals surface area contributed by atoms with E-state index in [1.54, 1.807) is 7.11 Å². The third-order valence-corrected chi connectivity index (χ3v) is 6.89.